The number of anilines is 1. The molecule has 10 nitrogen and oxygen atoms in total. The number of hydrogen-bond acceptors (Lipinski definition) is 7. The molecule has 2 rings (SSSR count). The van der Waals surface area contributed by atoms with Gasteiger partial charge < -0.3 is 14.8 Å². The Kier molecular flexibility index (Phi) is 7.83. The van der Waals surface area contributed by atoms with Crippen molar-refractivity contribution in [2.45, 2.75) is 17.9 Å². The Labute approximate surface area is 183 Å². The Morgan fingerprint density at radius 2 is 1.71 bits per heavy atom. The molecule has 0 saturated heterocycles. The van der Waals surface area contributed by atoms with Crippen molar-refractivity contribution in [2.75, 3.05) is 18.9 Å². The number of esters is 1. The monoisotopic (exact) mass is 469 g/mol. The first kappa shape index (κ1) is 24.0. The minimum Gasteiger partial charge on any atom is -0.497 e. The van der Waals surface area contributed by atoms with E-state index >= 15 is 0 Å². The predicted octanol–water partition coefficient (Wildman–Crippen LogP) is 2.15. The summed E-state index contributed by atoms with van der Waals surface area (Å²) in [5, 5.41) is 4.03. The summed E-state index contributed by atoms with van der Waals surface area (Å²) in [6.45, 7) is 1.26. The molecule has 0 heterocycles. The van der Waals surface area contributed by atoms with Gasteiger partial charge in [-0.1, -0.05) is 11.6 Å². The van der Waals surface area contributed by atoms with Gasteiger partial charge in [0.1, 0.15) is 10.6 Å². The van der Waals surface area contributed by atoms with Gasteiger partial charge in [0.15, 0.2) is 6.10 Å². The second-order valence-electron chi connectivity index (χ2n) is 6.10. The van der Waals surface area contributed by atoms with Gasteiger partial charge in [-0.25, -0.2) is 18.0 Å². The lowest BCUT2D eigenvalue weighted by Crippen LogP contribution is -2.43. The van der Waals surface area contributed by atoms with E-state index in [1.165, 1.54) is 45.3 Å². The second-order valence-corrected chi connectivity index (χ2v) is 8.15. The predicted molar refractivity (Wildman–Crippen MR) is 113 cm³/mol. The number of carbonyl (C=O) groups is 3. The lowest BCUT2D eigenvalue weighted by Gasteiger charge is -2.14. The van der Waals surface area contributed by atoms with Crippen LogP contribution in [0.1, 0.15) is 17.3 Å². The molecule has 31 heavy (non-hydrogen) atoms. The molecule has 0 radical (unpaired) electrons. The number of methoxy groups -OCH3 is 1. The van der Waals surface area contributed by atoms with Gasteiger partial charge >= 0.3 is 12.0 Å². The van der Waals surface area contributed by atoms with E-state index in [0.29, 0.717) is 5.75 Å². The van der Waals surface area contributed by atoms with Crippen molar-refractivity contribution in [3.63, 3.8) is 0 Å². The van der Waals surface area contributed by atoms with Crippen LogP contribution in [0.5, 0.6) is 5.75 Å². The number of imide groups is 1. The van der Waals surface area contributed by atoms with Crippen molar-refractivity contribution in [3.8, 4) is 5.75 Å². The topological polar surface area (TPSA) is 140 Å². The first-order chi connectivity index (χ1) is 14.6. The number of ether oxygens (including phenoxy) is 2. The van der Waals surface area contributed by atoms with E-state index < -0.39 is 34.0 Å². The molecule has 166 valence electrons. The van der Waals surface area contributed by atoms with Gasteiger partial charge in [0.2, 0.25) is 0 Å². The van der Waals surface area contributed by atoms with E-state index in [4.69, 9.17) is 21.1 Å². The summed E-state index contributed by atoms with van der Waals surface area (Å²) in [5.74, 6) is -1.28. The lowest BCUT2D eigenvalue weighted by molar-refractivity contribution is -0.127. The van der Waals surface area contributed by atoms with Crippen LogP contribution in [0, 0.1) is 0 Å². The van der Waals surface area contributed by atoms with E-state index in [0.717, 1.165) is 6.07 Å². The van der Waals surface area contributed by atoms with E-state index in [2.05, 4.69) is 10.0 Å². The van der Waals surface area contributed by atoms with Gasteiger partial charge in [-0.05, 0) is 49.4 Å². The summed E-state index contributed by atoms with van der Waals surface area (Å²) in [6, 6.07) is 8.86. The maximum Gasteiger partial charge on any atom is 0.338 e. The summed E-state index contributed by atoms with van der Waals surface area (Å²) in [5.41, 5.74) is 0.100. The highest BCUT2D eigenvalue weighted by Gasteiger charge is 2.24. The van der Waals surface area contributed by atoms with Crippen LogP contribution in [0.15, 0.2) is 47.4 Å². The molecule has 0 aromatic heterocycles. The van der Waals surface area contributed by atoms with Crippen LogP contribution >= 0.6 is 11.6 Å². The maximum atomic E-state index is 12.7. The Morgan fingerprint density at radius 3 is 2.29 bits per heavy atom. The van der Waals surface area contributed by atoms with Gasteiger partial charge in [0.05, 0.1) is 17.7 Å². The third-order valence-corrected chi connectivity index (χ3v) is 5.78. The first-order valence-corrected chi connectivity index (χ1v) is 10.6. The van der Waals surface area contributed by atoms with Gasteiger partial charge in [0.25, 0.3) is 15.9 Å². The molecule has 0 saturated carbocycles. The molecule has 1 atom stereocenters. The zero-order valence-corrected chi connectivity index (χ0v) is 18.3. The summed E-state index contributed by atoms with van der Waals surface area (Å²) >= 11 is 6.03. The minimum atomic E-state index is -4.15. The van der Waals surface area contributed by atoms with Gasteiger partial charge in [-0.3, -0.25) is 14.8 Å². The van der Waals surface area contributed by atoms with Crippen LogP contribution < -0.4 is 20.1 Å². The Hall–Kier alpha value is -3.31. The smallest absolute Gasteiger partial charge is 0.338 e. The van der Waals surface area contributed by atoms with Crippen LogP contribution in [-0.4, -0.2) is 46.6 Å². The van der Waals surface area contributed by atoms with Crippen LogP contribution in [0.4, 0.5) is 10.5 Å². The number of nitrogens with one attached hydrogen (secondary N) is 3. The standard InChI is InChI=1S/C19H20ClN3O7S/c1-11(17(24)22-19(26)21-2)30-18(25)12-4-9-15(20)16(10-12)31(27,28)23-13-5-7-14(29-3)8-6-13/h4-11,23H,1-3H3,(H2,21,22,24,26). The highest BCUT2D eigenvalue weighted by atomic mass is 35.5. The van der Waals surface area contributed by atoms with Crippen LogP contribution in [0.25, 0.3) is 0 Å². The van der Waals surface area contributed by atoms with Crippen molar-refractivity contribution in [1.82, 2.24) is 10.6 Å². The Balaban J connectivity index is 2.20. The van der Waals surface area contributed by atoms with Crippen molar-refractivity contribution in [2.24, 2.45) is 0 Å². The number of carbonyl (C=O) groups excluding carboxylic acids is 3. The van der Waals surface area contributed by atoms with Crippen molar-refractivity contribution < 1.29 is 32.3 Å². The highest BCUT2D eigenvalue weighted by Crippen LogP contribution is 2.26. The summed E-state index contributed by atoms with van der Waals surface area (Å²) in [4.78, 5) is 35.0. The molecule has 0 fully saturated rings. The average Bonchev–Trinajstić information content (AvgIpc) is 2.73. The molecule has 2 aromatic rings. The third kappa shape index (κ3) is 6.33. The quantitative estimate of drug-likeness (QED) is 0.528. The van der Waals surface area contributed by atoms with E-state index in [9.17, 15) is 22.8 Å². The number of urea groups is 1. The molecule has 12 heteroatoms. The van der Waals surface area contributed by atoms with Crippen LogP contribution in [-0.2, 0) is 19.6 Å². The number of hydrogen-bond donors (Lipinski definition) is 3. The molecule has 0 spiro atoms. The molecule has 0 aliphatic carbocycles. The molecular formula is C19H20ClN3O7S. The zero-order valence-electron chi connectivity index (χ0n) is 16.8. The normalized spacial score (nSPS) is 11.7. The molecule has 2 aromatic carbocycles. The molecular weight excluding hydrogens is 450 g/mol. The van der Waals surface area contributed by atoms with E-state index in [1.54, 1.807) is 12.1 Å². The van der Waals surface area contributed by atoms with E-state index in [-0.39, 0.29) is 21.2 Å². The first-order valence-electron chi connectivity index (χ1n) is 8.77. The maximum absolute atomic E-state index is 12.7. The fourth-order valence-corrected chi connectivity index (χ4v) is 3.85. The van der Waals surface area contributed by atoms with Gasteiger partial charge in [-0.2, -0.15) is 0 Å². The molecule has 0 aliphatic rings. The summed E-state index contributed by atoms with van der Waals surface area (Å²) in [6.07, 6.45) is -1.31. The largest absolute Gasteiger partial charge is 0.497 e. The van der Waals surface area contributed by atoms with Crippen LogP contribution in [0.2, 0.25) is 5.02 Å². The zero-order chi connectivity index (χ0) is 23.2. The van der Waals surface area contributed by atoms with Crippen molar-refractivity contribution in [1.29, 1.82) is 0 Å². The Bertz CT molecular complexity index is 1090. The fourth-order valence-electron chi connectivity index (χ4n) is 2.26. The second kappa shape index (κ2) is 10.1. The van der Waals surface area contributed by atoms with Crippen molar-refractivity contribution >= 4 is 45.2 Å². The van der Waals surface area contributed by atoms with Gasteiger partial charge in [-0.15, -0.1) is 0 Å². The Morgan fingerprint density at radius 1 is 1.06 bits per heavy atom. The SMILES string of the molecule is CNC(=O)NC(=O)C(C)OC(=O)c1ccc(Cl)c(S(=O)(=O)Nc2ccc(OC)cc2)c1. The molecule has 3 N–H and O–H groups in total. The van der Waals surface area contributed by atoms with Gasteiger partial charge in [0, 0.05) is 12.7 Å². The molecule has 1 unspecified atom stereocenters. The minimum absolute atomic E-state index is 0.122. The fraction of sp³-hybridized carbons (Fsp3) is 0.211. The molecule has 0 aliphatic heterocycles. The number of sulfonamides is 1. The third-order valence-electron chi connectivity index (χ3n) is 3.92. The van der Waals surface area contributed by atoms with Crippen molar-refractivity contribution in [3.05, 3.63) is 53.1 Å². The summed E-state index contributed by atoms with van der Waals surface area (Å²) < 4.78 is 37.9. The highest BCUT2D eigenvalue weighted by molar-refractivity contribution is 7.92. The lowest BCUT2D eigenvalue weighted by atomic mass is 10.2. The molecule has 0 bridgehead atoms. The van der Waals surface area contributed by atoms with E-state index in [1.807, 2.05) is 5.32 Å². The van der Waals surface area contributed by atoms with Crippen LogP contribution in [0.3, 0.4) is 0 Å². The molecule has 3 amide bonds. The number of amides is 3. The number of halogens is 1. The average molecular weight is 470 g/mol. The number of rotatable bonds is 7. The number of benzene rings is 2. The summed E-state index contributed by atoms with van der Waals surface area (Å²) in [7, 11) is -1.35.